The second-order valence-electron chi connectivity index (χ2n) is 13.9. The van der Waals surface area contributed by atoms with Crippen molar-refractivity contribution < 1.29 is 41.8 Å². The molecule has 1 atom stereocenters. The minimum absolute atomic E-state index is 0.0107. The van der Waals surface area contributed by atoms with Crippen molar-refractivity contribution in [2.75, 3.05) is 32.8 Å². The first-order valence-electron chi connectivity index (χ1n) is 16.2. The molecule has 1 aliphatic carbocycles. The first kappa shape index (κ1) is 34.3. The van der Waals surface area contributed by atoms with Crippen LogP contribution < -0.4 is 0 Å². The number of carbonyl (C=O) groups excluding carboxylic acids is 2. The molecule has 0 saturated carbocycles. The highest BCUT2D eigenvalue weighted by atomic mass is 19.4. The van der Waals surface area contributed by atoms with Crippen LogP contribution in [0.25, 0.3) is 5.57 Å². The Bertz CT molecular complexity index is 1780. The molecule has 1 N–H and O–H groups in total. The van der Waals surface area contributed by atoms with Crippen molar-refractivity contribution >= 4 is 23.4 Å². The third-order valence-corrected chi connectivity index (χ3v) is 10.1. The van der Waals surface area contributed by atoms with Gasteiger partial charge in [-0.3, -0.25) is 14.3 Å². The van der Waals surface area contributed by atoms with Crippen LogP contribution in [0.3, 0.4) is 0 Å². The number of carboxylic acid groups (broad SMARTS) is 1. The quantitative estimate of drug-likeness (QED) is 0.262. The maximum absolute atomic E-state index is 13.7. The van der Waals surface area contributed by atoms with Crippen molar-refractivity contribution in [3.8, 4) is 0 Å². The summed E-state index contributed by atoms with van der Waals surface area (Å²) in [5.74, 6) is -3.11. The van der Waals surface area contributed by atoms with Crippen LogP contribution in [0.4, 0.5) is 17.6 Å². The Hall–Kier alpha value is -4.52. The number of alkyl halides is 3. The highest BCUT2D eigenvalue weighted by Gasteiger charge is 2.61. The van der Waals surface area contributed by atoms with E-state index in [-0.39, 0.29) is 62.6 Å². The van der Waals surface area contributed by atoms with E-state index in [1.807, 2.05) is 0 Å². The first-order valence-corrected chi connectivity index (χ1v) is 16.2. The molecule has 2 saturated heterocycles. The molecular formula is C36H38F4N4O5. The van der Waals surface area contributed by atoms with E-state index in [0.29, 0.717) is 23.2 Å². The topological polar surface area (TPSA) is 105 Å². The predicted molar refractivity (Wildman–Crippen MR) is 171 cm³/mol. The van der Waals surface area contributed by atoms with Gasteiger partial charge in [-0.05, 0) is 67.5 Å². The molecule has 2 amide bonds. The molecule has 3 heterocycles. The fraction of sp³-hybridized carbons (Fsp3) is 0.444. The van der Waals surface area contributed by atoms with E-state index in [4.69, 9.17) is 4.74 Å². The molecule has 6 rings (SSSR count). The van der Waals surface area contributed by atoms with Crippen LogP contribution in [0.2, 0.25) is 0 Å². The van der Waals surface area contributed by atoms with E-state index in [9.17, 15) is 37.1 Å². The van der Waals surface area contributed by atoms with Gasteiger partial charge in [-0.25, -0.2) is 9.18 Å². The predicted octanol–water partition coefficient (Wildman–Crippen LogP) is 6.04. The van der Waals surface area contributed by atoms with E-state index in [1.54, 1.807) is 46.1 Å². The number of allylic oxidation sites excluding steroid dienone is 2. The second kappa shape index (κ2) is 13.1. The largest absolute Gasteiger partial charge is 0.478 e. The molecule has 1 aromatic heterocycles. The SMILES string of the molecule is CC(C)(C(=O)N1CC2(CN(C(=O)c3cnn(Cc4ccc(F)cc4)c3)C[C@H]2COCc2cccc(C3=CCCC3)c2C(=O)O)C1)C(F)(F)F. The van der Waals surface area contributed by atoms with Gasteiger partial charge in [0.2, 0.25) is 5.91 Å². The monoisotopic (exact) mass is 682 g/mol. The van der Waals surface area contributed by atoms with E-state index < -0.39 is 28.9 Å². The molecule has 13 heteroatoms. The number of aromatic carboxylic acids is 1. The maximum atomic E-state index is 13.7. The van der Waals surface area contributed by atoms with Gasteiger partial charge in [0.05, 0.1) is 37.1 Å². The van der Waals surface area contributed by atoms with Crippen LogP contribution in [-0.2, 0) is 22.7 Å². The van der Waals surface area contributed by atoms with Crippen LogP contribution in [0.15, 0.2) is 60.9 Å². The molecule has 0 bridgehead atoms. The van der Waals surface area contributed by atoms with Crippen LogP contribution >= 0.6 is 0 Å². The van der Waals surface area contributed by atoms with Crippen molar-refractivity contribution in [3.63, 3.8) is 0 Å². The number of halogens is 4. The van der Waals surface area contributed by atoms with Crippen molar-refractivity contribution in [2.24, 2.45) is 16.7 Å². The van der Waals surface area contributed by atoms with Crippen molar-refractivity contribution in [2.45, 2.75) is 52.4 Å². The number of hydrogen-bond donors (Lipinski definition) is 1. The van der Waals surface area contributed by atoms with Gasteiger partial charge in [-0.1, -0.05) is 36.4 Å². The zero-order chi connectivity index (χ0) is 35.1. The molecule has 0 radical (unpaired) electrons. The van der Waals surface area contributed by atoms with E-state index >= 15 is 0 Å². The Morgan fingerprint density at radius 2 is 1.76 bits per heavy atom. The summed E-state index contributed by atoms with van der Waals surface area (Å²) in [5, 5.41) is 14.4. The van der Waals surface area contributed by atoms with Gasteiger partial charge in [0.1, 0.15) is 11.2 Å². The molecule has 49 heavy (non-hydrogen) atoms. The summed E-state index contributed by atoms with van der Waals surface area (Å²) in [5.41, 5.74) is 0.173. The third-order valence-electron chi connectivity index (χ3n) is 10.1. The zero-order valence-corrected chi connectivity index (χ0v) is 27.3. The highest BCUT2D eigenvalue weighted by molar-refractivity contribution is 5.96. The highest BCUT2D eigenvalue weighted by Crippen LogP contribution is 2.48. The van der Waals surface area contributed by atoms with Crippen LogP contribution in [0.5, 0.6) is 0 Å². The number of amides is 2. The number of carboxylic acids is 1. The third kappa shape index (κ3) is 6.72. The van der Waals surface area contributed by atoms with Crippen molar-refractivity contribution in [1.29, 1.82) is 0 Å². The Labute approximate surface area is 281 Å². The van der Waals surface area contributed by atoms with Gasteiger partial charge in [-0.2, -0.15) is 18.3 Å². The first-order chi connectivity index (χ1) is 23.2. The van der Waals surface area contributed by atoms with Gasteiger partial charge >= 0.3 is 12.1 Å². The van der Waals surface area contributed by atoms with Gasteiger partial charge in [0, 0.05) is 43.7 Å². The molecule has 2 aliphatic heterocycles. The van der Waals surface area contributed by atoms with Crippen molar-refractivity contribution in [3.05, 3.63) is 94.6 Å². The van der Waals surface area contributed by atoms with E-state index in [1.165, 1.54) is 23.2 Å². The lowest BCUT2D eigenvalue weighted by Gasteiger charge is -2.52. The standard InChI is InChI=1S/C36H38F4N4O5/c1-34(2,36(38,39)40)33(48)43-21-35(22-43)20-42(31(45)26-14-41-44(16-26)15-23-10-12-28(37)13-11-23)17-27(35)19-49-18-25-8-5-9-29(30(25)32(46)47)24-6-3-4-7-24/h5-6,8-14,16,27H,3-4,7,15,17-22H2,1-2H3,(H,46,47)/t27-/m0/s1. The Morgan fingerprint density at radius 3 is 2.41 bits per heavy atom. The molecule has 2 fully saturated rings. The van der Waals surface area contributed by atoms with E-state index in [2.05, 4.69) is 11.2 Å². The normalized spacial score (nSPS) is 18.9. The zero-order valence-electron chi connectivity index (χ0n) is 27.3. The Balaban J connectivity index is 1.18. The minimum Gasteiger partial charge on any atom is -0.478 e. The number of hydrogen-bond acceptors (Lipinski definition) is 5. The number of ether oxygens (including phenoxy) is 1. The molecule has 0 unspecified atom stereocenters. The maximum Gasteiger partial charge on any atom is 0.402 e. The fourth-order valence-corrected chi connectivity index (χ4v) is 7.14. The van der Waals surface area contributed by atoms with Crippen LogP contribution in [0.1, 0.15) is 70.5 Å². The van der Waals surface area contributed by atoms with Crippen LogP contribution in [-0.4, -0.2) is 81.4 Å². The fourth-order valence-electron chi connectivity index (χ4n) is 7.14. The molecule has 1 spiro atoms. The van der Waals surface area contributed by atoms with Gasteiger partial charge in [0.25, 0.3) is 5.91 Å². The van der Waals surface area contributed by atoms with Gasteiger partial charge < -0.3 is 19.6 Å². The summed E-state index contributed by atoms with van der Waals surface area (Å²) in [6, 6.07) is 11.2. The minimum atomic E-state index is -4.73. The Morgan fingerprint density at radius 1 is 1.04 bits per heavy atom. The average Bonchev–Trinajstić information content (AvgIpc) is 3.81. The summed E-state index contributed by atoms with van der Waals surface area (Å²) in [7, 11) is 0. The lowest BCUT2D eigenvalue weighted by molar-refractivity contribution is -0.223. The number of likely N-dealkylation sites (tertiary alicyclic amines) is 2. The molecular weight excluding hydrogens is 644 g/mol. The summed E-state index contributed by atoms with van der Waals surface area (Å²) in [6.07, 6.45) is 2.99. The van der Waals surface area contributed by atoms with E-state index in [0.717, 1.165) is 44.2 Å². The number of rotatable bonds is 10. The lowest BCUT2D eigenvalue weighted by atomic mass is 9.70. The van der Waals surface area contributed by atoms with Crippen molar-refractivity contribution in [1.82, 2.24) is 19.6 Å². The Kier molecular flexibility index (Phi) is 9.16. The summed E-state index contributed by atoms with van der Waals surface area (Å²) < 4.78 is 62.2. The molecule has 260 valence electrons. The molecule has 3 aliphatic rings. The number of benzene rings is 2. The smallest absolute Gasteiger partial charge is 0.402 e. The number of aromatic nitrogens is 2. The van der Waals surface area contributed by atoms with Gasteiger partial charge in [-0.15, -0.1) is 0 Å². The van der Waals surface area contributed by atoms with Crippen LogP contribution in [0, 0.1) is 22.6 Å². The summed E-state index contributed by atoms with van der Waals surface area (Å²) in [4.78, 5) is 41.8. The molecule has 9 nitrogen and oxygen atoms in total. The van der Waals surface area contributed by atoms with Gasteiger partial charge in [0.15, 0.2) is 0 Å². The number of carbonyl (C=O) groups is 3. The average molecular weight is 683 g/mol. The molecule has 3 aromatic rings. The molecule has 2 aromatic carbocycles. The summed E-state index contributed by atoms with van der Waals surface area (Å²) in [6.45, 7) is 2.61. The number of nitrogens with zero attached hydrogens (tertiary/aromatic N) is 4. The lowest BCUT2D eigenvalue weighted by Crippen LogP contribution is -2.66. The summed E-state index contributed by atoms with van der Waals surface area (Å²) >= 11 is 0. The second-order valence-corrected chi connectivity index (χ2v) is 13.9.